The van der Waals surface area contributed by atoms with Crippen LogP contribution in [0.3, 0.4) is 0 Å². The Morgan fingerprint density at radius 3 is 2.32 bits per heavy atom. The zero-order valence-electron chi connectivity index (χ0n) is 23.0. The van der Waals surface area contributed by atoms with Gasteiger partial charge in [0.2, 0.25) is 0 Å². The smallest absolute Gasteiger partial charge is 0.407 e. The predicted octanol–water partition coefficient (Wildman–Crippen LogP) is 3.70. The summed E-state index contributed by atoms with van der Waals surface area (Å²) in [4.78, 5) is 39.7. The Morgan fingerprint density at radius 2 is 1.62 bits per heavy atom. The van der Waals surface area contributed by atoms with E-state index in [0.29, 0.717) is 12.5 Å². The maximum absolute atomic E-state index is 12.9. The standard InChI is InChI=1S/C27H47N3O7/c1-27(2,3)22-23(31)30-17-19(16-20(30)24(32)35-4)28-26(34)37-21-14-10-9-13-18(21)12-8-6-5-7-11-15-36-25(33)29-22/h18-23,31H,5-17H2,1-4H3,(H,28,34)(H,29,33)/t18?,19-,20+,21?,22-,23?/m1/s1. The first kappa shape index (κ1) is 29.5. The second-order valence-electron chi connectivity index (χ2n) is 11.9. The number of hydrogen-bond donors (Lipinski definition) is 3. The summed E-state index contributed by atoms with van der Waals surface area (Å²) in [7, 11) is 1.30. The lowest BCUT2D eigenvalue weighted by Crippen LogP contribution is -2.59. The van der Waals surface area contributed by atoms with Crippen LogP contribution in [0.15, 0.2) is 0 Å². The number of amides is 2. The molecule has 4 unspecified atom stereocenters. The lowest BCUT2D eigenvalue weighted by molar-refractivity contribution is -0.152. The summed E-state index contributed by atoms with van der Waals surface area (Å²) in [6.45, 7) is 6.23. The van der Waals surface area contributed by atoms with Gasteiger partial charge >= 0.3 is 18.2 Å². The summed E-state index contributed by atoms with van der Waals surface area (Å²) >= 11 is 0. The first-order valence-electron chi connectivity index (χ1n) is 14.0. The van der Waals surface area contributed by atoms with Gasteiger partial charge < -0.3 is 30.0 Å². The molecule has 7 atom stereocenters. The number of aliphatic hydroxyl groups is 1. The Morgan fingerprint density at radius 1 is 0.973 bits per heavy atom. The zero-order valence-corrected chi connectivity index (χ0v) is 23.0. The Labute approximate surface area is 221 Å². The molecular weight excluding hydrogens is 478 g/mol. The molecule has 212 valence electrons. The number of nitrogens with one attached hydrogen (secondary N) is 2. The average molecular weight is 526 g/mol. The minimum absolute atomic E-state index is 0.0901. The van der Waals surface area contributed by atoms with Crippen LogP contribution in [0.2, 0.25) is 0 Å². The third kappa shape index (κ3) is 8.46. The summed E-state index contributed by atoms with van der Waals surface area (Å²) in [6, 6.07) is -1.91. The van der Waals surface area contributed by atoms with Crippen molar-refractivity contribution in [1.29, 1.82) is 0 Å². The van der Waals surface area contributed by atoms with Crippen LogP contribution in [0.1, 0.15) is 91.4 Å². The van der Waals surface area contributed by atoms with Crippen LogP contribution in [0.25, 0.3) is 0 Å². The van der Waals surface area contributed by atoms with Gasteiger partial charge in [0.15, 0.2) is 0 Å². The normalized spacial score (nSPS) is 35.1. The molecule has 1 saturated carbocycles. The second kappa shape index (κ2) is 13.6. The number of esters is 1. The molecule has 3 rings (SSSR count). The van der Waals surface area contributed by atoms with Crippen LogP contribution >= 0.6 is 0 Å². The molecule has 0 radical (unpaired) electrons. The molecule has 3 N–H and O–H groups in total. The minimum Gasteiger partial charge on any atom is -0.468 e. The van der Waals surface area contributed by atoms with Crippen molar-refractivity contribution in [3.8, 4) is 0 Å². The van der Waals surface area contributed by atoms with Crippen LogP contribution in [0.5, 0.6) is 0 Å². The molecule has 3 aliphatic rings. The molecule has 0 aromatic heterocycles. The number of ether oxygens (including phenoxy) is 3. The van der Waals surface area contributed by atoms with Crippen LogP contribution < -0.4 is 10.6 Å². The number of rotatable bonds is 1. The monoisotopic (exact) mass is 525 g/mol. The topological polar surface area (TPSA) is 126 Å². The minimum atomic E-state index is -1.20. The first-order valence-corrected chi connectivity index (χ1v) is 14.0. The molecule has 37 heavy (non-hydrogen) atoms. The summed E-state index contributed by atoms with van der Waals surface area (Å²) in [5.74, 6) is -0.132. The molecule has 0 aromatic carbocycles. The Hall–Kier alpha value is -2.07. The highest BCUT2D eigenvalue weighted by Crippen LogP contribution is 2.32. The second-order valence-corrected chi connectivity index (χ2v) is 11.9. The maximum Gasteiger partial charge on any atom is 0.407 e. The fourth-order valence-electron chi connectivity index (χ4n) is 5.93. The number of alkyl carbamates (subject to hydrolysis) is 2. The van der Waals surface area contributed by atoms with Crippen LogP contribution in [-0.4, -0.2) is 78.9 Å². The lowest BCUT2D eigenvalue weighted by atomic mass is 9.83. The van der Waals surface area contributed by atoms with E-state index in [1.807, 2.05) is 20.8 Å². The molecule has 10 heteroatoms. The van der Waals surface area contributed by atoms with E-state index in [2.05, 4.69) is 10.6 Å². The molecule has 2 saturated heterocycles. The van der Waals surface area contributed by atoms with Gasteiger partial charge in [-0.15, -0.1) is 0 Å². The molecule has 0 spiro atoms. The van der Waals surface area contributed by atoms with E-state index >= 15 is 0 Å². The van der Waals surface area contributed by atoms with E-state index in [0.717, 1.165) is 64.2 Å². The summed E-state index contributed by atoms with van der Waals surface area (Å²) < 4.78 is 16.3. The van der Waals surface area contributed by atoms with Gasteiger partial charge in [-0.2, -0.15) is 0 Å². The van der Waals surface area contributed by atoms with Gasteiger partial charge in [-0.1, -0.05) is 52.9 Å². The Balaban J connectivity index is 1.79. The number of fused-ring (bicyclic) bond motifs is 3. The third-order valence-electron chi connectivity index (χ3n) is 8.03. The molecule has 2 aliphatic heterocycles. The highest BCUT2D eigenvalue weighted by atomic mass is 16.6. The van der Waals surface area contributed by atoms with Crippen LogP contribution in [0, 0.1) is 11.3 Å². The van der Waals surface area contributed by atoms with Crippen molar-refractivity contribution in [2.75, 3.05) is 20.3 Å². The lowest BCUT2D eigenvalue weighted by Gasteiger charge is -2.40. The number of carbonyl (C=O) groups is 3. The van der Waals surface area contributed by atoms with Crippen molar-refractivity contribution in [1.82, 2.24) is 15.5 Å². The number of methoxy groups -OCH3 is 1. The zero-order chi connectivity index (χ0) is 27.0. The van der Waals surface area contributed by atoms with E-state index in [4.69, 9.17) is 14.2 Å². The molecule has 2 bridgehead atoms. The first-order chi connectivity index (χ1) is 17.6. The van der Waals surface area contributed by atoms with Crippen LogP contribution in [0.4, 0.5) is 9.59 Å². The summed E-state index contributed by atoms with van der Waals surface area (Å²) in [5, 5.41) is 17.1. The van der Waals surface area contributed by atoms with Gasteiger partial charge in [0.05, 0.1) is 19.8 Å². The highest BCUT2D eigenvalue weighted by molar-refractivity contribution is 5.76. The molecule has 0 aromatic rings. The van der Waals surface area contributed by atoms with Crippen LogP contribution in [-0.2, 0) is 19.0 Å². The van der Waals surface area contributed by atoms with Crippen molar-refractivity contribution < 1.29 is 33.7 Å². The molecule has 2 heterocycles. The fourth-order valence-corrected chi connectivity index (χ4v) is 5.93. The van der Waals surface area contributed by atoms with Gasteiger partial charge in [0.1, 0.15) is 18.4 Å². The molecular formula is C27H47N3O7. The SMILES string of the molecule is COC(=O)[C@@H]1C[C@@H]2CN1C(O)[C@H](C(C)(C)C)NC(=O)OCCCCCCCC1CCCCC1OC(=O)N2. The van der Waals surface area contributed by atoms with Crippen molar-refractivity contribution in [2.45, 2.75) is 122 Å². The number of cyclic esters (lactones) is 1. The Kier molecular flexibility index (Phi) is 10.9. The van der Waals surface area contributed by atoms with Gasteiger partial charge in [0, 0.05) is 12.6 Å². The van der Waals surface area contributed by atoms with Gasteiger partial charge in [0.25, 0.3) is 0 Å². The van der Waals surface area contributed by atoms with E-state index in [-0.39, 0.29) is 19.1 Å². The van der Waals surface area contributed by atoms with E-state index in [1.54, 1.807) is 4.90 Å². The van der Waals surface area contributed by atoms with E-state index in [9.17, 15) is 19.5 Å². The van der Waals surface area contributed by atoms with E-state index in [1.165, 1.54) is 7.11 Å². The highest BCUT2D eigenvalue weighted by Gasteiger charge is 2.46. The number of nitrogens with zero attached hydrogens (tertiary/aromatic N) is 1. The van der Waals surface area contributed by atoms with E-state index < -0.39 is 47.9 Å². The summed E-state index contributed by atoms with van der Waals surface area (Å²) in [6.07, 6.45) is 8.14. The summed E-state index contributed by atoms with van der Waals surface area (Å²) in [5.41, 5.74) is -0.545. The van der Waals surface area contributed by atoms with Crippen molar-refractivity contribution in [2.24, 2.45) is 11.3 Å². The van der Waals surface area contributed by atoms with Gasteiger partial charge in [-0.3, -0.25) is 9.69 Å². The number of hydrogen-bond acceptors (Lipinski definition) is 8. The molecule has 2 amide bonds. The predicted molar refractivity (Wildman–Crippen MR) is 138 cm³/mol. The fraction of sp³-hybridized carbons (Fsp3) is 0.889. The molecule has 1 aliphatic carbocycles. The van der Waals surface area contributed by atoms with Gasteiger partial charge in [-0.25, -0.2) is 9.59 Å². The van der Waals surface area contributed by atoms with Crippen molar-refractivity contribution in [3.05, 3.63) is 0 Å². The van der Waals surface area contributed by atoms with Gasteiger partial charge in [-0.05, 0) is 49.9 Å². The largest absolute Gasteiger partial charge is 0.468 e. The number of carbonyl (C=O) groups excluding carboxylic acids is 3. The quantitative estimate of drug-likeness (QED) is 0.349. The molecule has 3 fully saturated rings. The molecule has 10 nitrogen and oxygen atoms in total. The average Bonchev–Trinajstić information content (AvgIpc) is 3.26. The Bertz CT molecular complexity index is 772. The number of aliphatic hydroxyl groups excluding tert-OH is 1. The third-order valence-corrected chi connectivity index (χ3v) is 8.03. The maximum atomic E-state index is 12.9. The van der Waals surface area contributed by atoms with Crippen molar-refractivity contribution >= 4 is 18.2 Å². The van der Waals surface area contributed by atoms with Crippen molar-refractivity contribution in [3.63, 3.8) is 0 Å².